The normalized spacial score (nSPS) is 23.8. The molecule has 1 aliphatic heterocycles. The van der Waals surface area contributed by atoms with Crippen LogP contribution in [0.5, 0.6) is 0 Å². The van der Waals surface area contributed by atoms with Crippen molar-refractivity contribution in [3.63, 3.8) is 0 Å². The molecule has 1 heterocycles. The predicted molar refractivity (Wildman–Crippen MR) is 64.6 cm³/mol. The predicted octanol–water partition coefficient (Wildman–Crippen LogP) is -0.587. The monoisotopic (exact) mass is 285 g/mol. The minimum Gasteiger partial charge on any atom is -0.396 e. The smallest absolute Gasteiger partial charge is 0.228 e. The van der Waals surface area contributed by atoms with Gasteiger partial charge in [0, 0.05) is 26.0 Å². The molecule has 0 aromatic heterocycles. The summed E-state index contributed by atoms with van der Waals surface area (Å²) in [5.41, 5.74) is 0. The fraction of sp³-hybridized carbons (Fsp3) is 1.00. The van der Waals surface area contributed by atoms with Gasteiger partial charge in [-0.05, 0) is 25.2 Å². The molecule has 0 spiro atoms. The second-order valence-electron chi connectivity index (χ2n) is 4.53. The second-order valence-corrected chi connectivity index (χ2v) is 9.01. The van der Waals surface area contributed by atoms with Gasteiger partial charge in [-0.3, -0.25) is 0 Å². The van der Waals surface area contributed by atoms with Crippen LogP contribution in [0.15, 0.2) is 0 Å². The summed E-state index contributed by atoms with van der Waals surface area (Å²) in [6.07, 6.45) is 3.07. The third kappa shape index (κ3) is 4.90. The Morgan fingerprint density at radius 2 is 1.94 bits per heavy atom. The second kappa shape index (κ2) is 5.64. The highest BCUT2D eigenvalue weighted by molar-refractivity contribution is 8.06. The number of piperidine rings is 1. The molecule has 1 N–H and O–H groups in total. The summed E-state index contributed by atoms with van der Waals surface area (Å²) in [4.78, 5) is 0. The van der Waals surface area contributed by atoms with Crippen LogP contribution in [0.4, 0.5) is 0 Å². The van der Waals surface area contributed by atoms with Crippen molar-refractivity contribution < 1.29 is 21.9 Å². The van der Waals surface area contributed by atoms with Gasteiger partial charge in [-0.1, -0.05) is 0 Å². The Bertz CT molecular complexity index is 440. The zero-order valence-corrected chi connectivity index (χ0v) is 11.5. The van der Waals surface area contributed by atoms with Crippen molar-refractivity contribution in [1.29, 1.82) is 0 Å². The molecule has 0 aliphatic carbocycles. The molecule has 1 aliphatic rings. The molecule has 0 aromatic rings. The van der Waals surface area contributed by atoms with Gasteiger partial charge in [0.25, 0.3) is 0 Å². The van der Waals surface area contributed by atoms with Crippen LogP contribution in [0.2, 0.25) is 0 Å². The lowest BCUT2D eigenvalue weighted by Gasteiger charge is -2.31. The van der Waals surface area contributed by atoms with Crippen molar-refractivity contribution in [1.82, 2.24) is 4.31 Å². The van der Waals surface area contributed by atoms with E-state index in [-0.39, 0.29) is 12.5 Å². The number of hydrogen-bond acceptors (Lipinski definition) is 5. The Kier molecular flexibility index (Phi) is 4.94. The van der Waals surface area contributed by atoms with Gasteiger partial charge in [0.15, 0.2) is 14.9 Å². The van der Waals surface area contributed by atoms with Crippen molar-refractivity contribution >= 4 is 19.9 Å². The average molecular weight is 285 g/mol. The first-order valence-corrected chi connectivity index (χ1v) is 9.18. The van der Waals surface area contributed by atoms with Crippen molar-refractivity contribution in [2.45, 2.75) is 19.3 Å². The van der Waals surface area contributed by atoms with Gasteiger partial charge in [0.1, 0.15) is 0 Å². The fourth-order valence-corrected chi connectivity index (χ4v) is 5.65. The molecule has 17 heavy (non-hydrogen) atoms. The van der Waals surface area contributed by atoms with Gasteiger partial charge in [0.05, 0.1) is 0 Å². The number of sulfone groups is 1. The Morgan fingerprint density at radius 1 is 1.29 bits per heavy atom. The molecule has 1 unspecified atom stereocenters. The van der Waals surface area contributed by atoms with E-state index in [1.54, 1.807) is 0 Å². The van der Waals surface area contributed by atoms with Crippen LogP contribution >= 0.6 is 0 Å². The van der Waals surface area contributed by atoms with E-state index in [2.05, 4.69) is 0 Å². The minimum atomic E-state index is -3.73. The number of nitrogens with zero attached hydrogens (tertiary/aromatic N) is 1. The van der Waals surface area contributed by atoms with E-state index < -0.39 is 24.9 Å². The van der Waals surface area contributed by atoms with Crippen LogP contribution < -0.4 is 0 Å². The number of hydrogen-bond donors (Lipinski definition) is 1. The molecule has 0 bridgehead atoms. The minimum absolute atomic E-state index is 0.0324. The summed E-state index contributed by atoms with van der Waals surface area (Å²) < 4.78 is 47.0. The van der Waals surface area contributed by atoms with Crippen LogP contribution in [0, 0.1) is 5.92 Å². The van der Waals surface area contributed by atoms with E-state index in [1.807, 2.05) is 0 Å². The summed E-state index contributed by atoms with van der Waals surface area (Å²) >= 11 is 0. The van der Waals surface area contributed by atoms with E-state index in [4.69, 9.17) is 5.11 Å². The maximum Gasteiger partial charge on any atom is 0.228 e. The SMILES string of the molecule is CS(=O)(=O)CS(=O)(=O)N1CCCC(CCO)C1. The summed E-state index contributed by atoms with van der Waals surface area (Å²) in [6, 6.07) is 0. The Labute approximate surface area is 103 Å². The highest BCUT2D eigenvalue weighted by atomic mass is 32.3. The largest absolute Gasteiger partial charge is 0.396 e. The Morgan fingerprint density at radius 3 is 2.47 bits per heavy atom. The van der Waals surface area contributed by atoms with Crippen LogP contribution in [0.25, 0.3) is 0 Å². The van der Waals surface area contributed by atoms with Gasteiger partial charge in [-0.15, -0.1) is 0 Å². The first-order valence-electron chi connectivity index (χ1n) is 5.51. The number of rotatable bonds is 5. The zero-order chi connectivity index (χ0) is 13.1. The maximum absolute atomic E-state index is 11.8. The highest BCUT2D eigenvalue weighted by Gasteiger charge is 2.30. The van der Waals surface area contributed by atoms with Crippen molar-refractivity contribution in [2.24, 2.45) is 5.92 Å². The fourth-order valence-electron chi connectivity index (χ4n) is 2.04. The summed E-state index contributed by atoms with van der Waals surface area (Å²) in [7, 11) is -7.27. The third-order valence-electron chi connectivity index (χ3n) is 2.78. The lowest BCUT2D eigenvalue weighted by atomic mass is 9.97. The molecule has 102 valence electrons. The average Bonchev–Trinajstić information content (AvgIpc) is 2.15. The van der Waals surface area contributed by atoms with Gasteiger partial charge in [-0.2, -0.15) is 0 Å². The van der Waals surface area contributed by atoms with Crippen LogP contribution in [-0.4, -0.2) is 57.3 Å². The first kappa shape index (κ1) is 14.9. The number of sulfonamides is 1. The molecule has 0 radical (unpaired) electrons. The van der Waals surface area contributed by atoms with E-state index in [9.17, 15) is 16.8 Å². The van der Waals surface area contributed by atoms with Gasteiger partial charge in [0.2, 0.25) is 10.0 Å². The van der Waals surface area contributed by atoms with Gasteiger partial charge < -0.3 is 5.11 Å². The quantitative estimate of drug-likeness (QED) is 0.729. The summed E-state index contributed by atoms with van der Waals surface area (Å²) in [5, 5.41) is 8.00. The third-order valence-corrected chi connectivity index (χ3v) is 6.80. The maximum atomic E-state index is 11.8. The Balaban J connectivity index is 2.72. The van der Waals surface area contributed by atoms with E-state index in [0.29, 0.717) is 25.9 Å². The van der Waals surface area contributed by atoms with Crippen molar-refractivity contribution in [3.05, 3.63) is 0 Å². The molecular formula is C9H19NO5S2. The molecular weight excluding hydrogens is 266 g/mol. The molecule has 1 atom stereocenters. The molecule has 1 fully saturated rings. The van der Waals surface area contributed by atoms with Crippen molar-refractivity contribution in [2.75, 3.05) is 31.0 Å². The lowest BCUT2D eigenvalue weighted by Crippen LogP contribution is -2.42. The van der Waals surface area contributed by atoms with Crippen LogP contribution in [0.1, 0.15) is 19.3 Å². The van der Waals surface area contributed by atoms with Gasteiger partial charge in [-0.25, -0.2) is 21.1 Å². The Hall–Kier alpha value is -0.180. The van der Waals surface area contributed by atoms with E-state index in [1.165, 1.54) is 4.31 Å². The molecule has 0 saturated carbocycles. The van der Waals surface area contributed by atoms with Crippen LogP contribution in [-0.2, 0) is 19.9 Å². The van der Waals surface area contributed by atoms with Crippen molar-refractivity contribution in [3.8, 4) is 0 Å². The zero-order valence-electron chi connectivity index (χ0n) is 9.87. The number of aliphatic hydroxyl groups excluding tert-OH is 1. The summed E-state index contributed by atoms with van der Waals surface area (Å²) in [6.45, 7) is 0.725. The molecule has 1 rings (SSSR count). The molecule has 6 nitrogen and oxygen atoms in total. The highest BCUT2D eigenvalue weighted by Crippen LogP contribution is 2.22. The molecule has 0 amide bonds. The first-order chi connectivity index (χ1) is 7.74. The van der Waals surface area contributed by atoms with E-state index in [0.717, 1.165) is 12.7 Å². The standard InChI is InChI=1S/C9H19NO5S2/c1-16(12,13)8-17(14,15)10-5-2-3-9(7-10)4-6-11/h9,11H,2-8H2,1H3. The topological polar surface area (TPSA) is 91.8 Å². The molecule has 0 aromatic carbocycles. The lowest BCUT2D eigenvalue weighted by molar-refractivity contribution is 0.203. The molecule has 8 heteroatoms. The number of aliphatic hydroxyl groups is 1. The van der Waals surface area contributed by atoms with E-state index >= 15 is 0 Å². The summed E-state index contributed by atoms with van der Waals surface area (Å²) in [5.74, 6) is 0.128. The van der Waals surface area contributed by atoms with Crippen LogP contribution in [0.3, 0.4) is 0 Å². The molecule has 1 saturated heterocycles. The van der Waals surface area contributed by atoms with Gasteiger partial charge >= 0.3 is 0 Å².